The summed E-state index contributed by atoms with van der Waals surface area (Å²) in [7, 11) is 0. The zero-order chi connectivity index (χ0) is 11.1. The third kappa shape index (κ3) is 3.65. The first-order valence-electron chi connectivity index (χ1n) is 6.18. The molecule has 0 aliphatic carbocycles. The second kappa shape index (κ2) is 6.59. The molecular weight excluding hydrogens is 186 g/mol. The molecule has 0 unspecified atom stereocenters. The molecule has 0 atom stereocenters. The first kappa shape index (κ1) is 12.2. The number of nitrogens with zero attached hydrogens (tertiary/aromatic N) is 3. The Labute approximate surface area is 92.9 Å². The molecule has 0 aliphatic rings. The molecule has 0 amide bonds. The van der Waals surface area contributed by atoms with Crippen LogP contribution in [0.25, 0.3) is 0 Å². The summed E-state index contributed by atoms with van der Waals surface area (Å²) in [5, 5.41) is 8.35. The fourth-order valence-electron chi connectivity index (χ4n) is 1.83. The van der Waals surface area contributed by atoms with Crippen molar-refractivity contribution in [3.05, 3.63) is 11.4 Å². The minimum absolute atomic E-state index is 1.04. The van der Waals surface area contributed by atoms with Crippen molar-refractivity contribution in [1.82, 2.24) is 15.0 Å². The van der Waals surface area contributed by atoms with Gasteiger partial charge in [0, 0.05) is 6.54 Å². The molecule has 0 fully saturated rings. The predicted molar refractivity (Wildman–Crippen MR) is 62.9 cm³/mol. The summed E-state index contributed by atoms with van der Waals surface area (Å²) in [5.74, 6) is 0. The Hall–Kier alpha value is -0.860. The van der Waals surface area contributed by atoms with Gasteiger partial charge >= 0.3 is 0 Å². The van der Waals surface area contributed by atoms with Crippen molar-refractivity contribution in [2.24, 2.45) is 0 Å². The van der Waals surface area contributed by atoms with E-state index in [1.165, 1.54) is 37.8 Å². The van der Waals surface area contributed by atoms with Gasteiger partial charge in [0.15, 0.2) is 0 Å². The number of hydrogen-bond donors (Lipinski definition) is 0. The molecule has 3 nitrogen and oxygen atoms in total. The molecule has 1 aromatic heterocycles. The zero-order valence-corrected chi connectivity index (χ0v) is 10.3. The molecular formula is C12H23N3. The highest BCUT2D eigenvalue weighted by atomic mass is 15.4. The Kier molecular flexibility index (Phi) is 5.37. The van der Waals surface area contributed by atoms with E-state index in [0.717, 1.165) is 18.7 Å². The van der Waals surface area contributed by atoms with Crippen LogP contribution in [0.2, 0.25) is 0 Å². The minimum Gasteiger partial charge on any atom is -0.249 e. The Morgan fingerprint density at radius 1 is 1.07 bits per heavy atom. The van der Waals surface area contributed by atoms with Gasteiger partial charge in [-0.1, -0.05) is 44.7 Å². The highest BCUT2D eigenvalue weighted by molar-refractivity contribution is 5.07. The molecule has 0 saturated carbocycles. The van der Waals surface area contributed by atoms with Gasteiger partial charge in [0.2, 0.25) is 0 Å². The van der Waals surface area contributed by atoms with Gasteiger partial charge in [0.1, 0.15) is 0 Å². The van der Waals surface area contributed by atoms with Crippen molar-refractivity contribution >= 4 is 0 Å². The monoisotopic (exact) mass is 209 g/mol. The maximum Gasteiger partial charge on any atom is 0.0828 e. The van der Waals surface area contributed by atoms with Crippen LogP contribution in [0.4, 0.5) is 0 Å². The van der Waals surface area contributed by atoms with Crippen molar-refractivity contribution in [3.8, 4) is 0 Å². The summed E-state index contributed by atoms with van der Waals surface area (Å²) in [6.45, 7) is 7.53. The van der Waals surface area contributed by atoms with Gasteiger partial charge in [-0.3, -0.25) is 0 Å². The molecule has 0 aliphatic heterocycles. The van der Waals surface area contributed by atoms with Crippen molar-refractivity contribution in [2.45, 2.75) is 65.8 Å². The van der Waals surface area contributed by atoms with Gasteiger partial charge in [-0.25, -0.2) is 4.68 Å². The first-order chi connectivity index (χ1) is 7.29. The van der Waals surface area contributed by atoms with E-state index in [-0.39, 0.29) is 0 Å². The molecule has 0 aromatic carbocycles. The minimum atomic E-state index is 1.04. The zero-order valence-electron chi connectivity index (χ0n) is 10.3. The van der Waals surface area contributed by atoms with Crippen LogP contribution in [0.3, 0.4) is 0 Å². The van der Waals surface area contributed by atoms with E-state index in [4.69, 9.17) is 0 Å². The molecule has 0 radical (unpaired) electrons. The van der Waals surface area contributed by atoms with E-state index >= 15 is 0 Å². The van der Waals surface area contributed by atoms with E-state index in [1.807, 2.05) is 0 Å². The number of rotatable bonds is 7. The standard InChI is InChI=1S/C12H23N3/c1-4-6-7-8-10-15-12(9-5-2)11(3)13-14-15/h4-10H2,1-3H3. The lowest BCUT2D eigenvalue weighted by Gasteiger charge is -2.05. The summed E-state index contributed by atoms with van der Waals surface area (Å²) in [6, 6.07) is 0. The normalized spacial score (nSPS) is 10.9. The average molecular weight is 209 g/mol. The van der Waals surface area contributed by atoms with Crippen LogP contribution in [-0.4, -0.2) is 15.0 Å². The fraction of sp³-hybridized carbons (Fsp3) is 0.833. The van der Waals surface area contributed by atoms with Crippen LogP contribution in [-0.2, 0) is 13.0 Å². The van der Waals surface area contributed by atoms with Crippen LogP contribution >= 0.6 is 0 Å². The second-order valence-electron chi connectivity index (χ2n) is 4.16. The molecule has 1 heterocycles. The summed E-state index contributed by atoms with van der Waals surface area (Å²) < 4.78 is 2.09. The fourth-order valence-corrected chi connectivity index (χ4v) is 1.83. The molecule has 0 saturated heterocycles. The number of aromatic nitrogens is 3. The summed E-state index contributed by atoms with van der Waals surface area (Å²) >= 11 is 0. The van der Waals surface area contributed by atoms with Crippen molar-refractivity contribution in [3.63, 3.8) is 0 Å². The van der Waals surface area contributed by atoms with E-state index in [9.17, 15) is 0 Å². The van der Waals surface area contributed by atoms with E-state index in [0.29, 0.717) is 0 Å². The highest BCUT2D eigenvalue weighted by Gasteiger charge is 2.07. The van der Waals surface area contributed by atoms with Gasteiger partial charge in [0.25, 0.3) is 0 Å². The van der Waals surface area contributed by atoms with Gasteiger partial charge in [0.05, 0.1) is 11.4 Å². The van der Waals surface area contributed by atoms with E-state index in [2.05, 4.69) is 35.8 Å². The number of unbranched alkanes of at least 4 members (excludes halogenated alkanes) is 3. The van der Waals surface area contributed by atoms with Gasteiger partial charge in [-0.05, 0) is 19.8 Å². The Morgan fingerprint density at radius 2 is 1.87 bits per heavy atom. The maximum atomic E-state index is 4.20. The maximum absolute atomic E-state index is 4.20. The van der Waals surface area contributed by atoms with Crippen LogP contribution in [0.15, 0.2) is 0 Å². The van der Waals surface area contributed by atoms with Crippen LogP contribution in [0, 0.1) is 6.92 Å². The SMILES string of the molecule is CCCCCCn1nnc(C)c1CCC. The Bertz CT molecular complexity index is 278. The molecule has 15 heavy (non-hydrogen) atoms. The number of aryl methyl sites for hydroxylation is 2. The molecule has 1 rings (SSSR count). The average Bonchev–Trinajstić information content (AvgIpc) is 2.57. The van der Waals surface area contributed by atoms with E-state index < -0.39 is 0 Å². The first-order valence-corrected chi connectivity index (χ1v) is 6.18. The van der Waals surface area contributed by atoms with Gasteiger partial charge in [-0.15, -0.1) is 5.10 Å². The smallest absolute Gasteiger partial charge is 0.0828 e. The molecule has 1 aromatic rings. The molecule has 0 N–H and O–H groups in total. The Morgan fingerprint density at radius 3 is 2.53 bits per heavy atom. The van der Waals surface area contributed by atoms with Gasteiger partial charge in [-0.2, -0.15) is 0 Å². The quantitative estimate of drug-likeness (QED) is 0.646. The third-order valence-electron chi connectivity index (χ3n) is 2.74. The Balaban J connectivity index is 2.45. The summed E-state index contributed by atoms with van der Waals surface area (Å²) in [6.07, 6.45) is 7.43. The lowest BCUT2D eigenvalue weighted by Crippen LogP contribution is -2.05. The molecule has 3 heteroatoms. The van der Waals surface area contributed by atoms with E-state index in [1.54, 1.807) is 0 Å². The lowest BCUT2D eigenvalue weighted by molar-refractivity contribution is 0.510. The topological polar surface area (TPSA) is 30.7 Å². The summed E-state index contributed by atoms with van der Waals surface area (Å²) in [4.78, 5) is 0. The van der Waals surface area contributed by atoms with Crippen molar-refractivity contribution < 1.29 is 0 Å². The highest BCUT2D eigenvalue weighted by Crippen LogP contribution is 2.09. The largest absolute Gasteiger partial charge is 0.249 e. The van der Waals surface area contributed by atoms with Crippen molar-refractivity contribution in [2.75, 3.05) is 0 Å². The summed E-state index contributed by atoms with van der Waals surface area (Å²) in [5.41, 5.74) is 2.43. The molecule has 0 spiro atoms. The number of hydrogen-bond acceptors (Lipinski definition) is 2. The predicted octanol–water partition coefficient (Wildman–Crippen LogP) is 3.12. The second-order valence-corrected chi connectivity index (χ2v) is 4.16. The lowest BCUT2D eigenvalue weighted by atomic mass is 10.2. The van der Waals surface area contributed by atoms with Gasteiger partial charge < -0.3 is 0 Å². The van der Waals surface area contributed by atoms with Crippen LogP contribution in [0.5, 0.6) is 0 Å². The molecule has 0 bridgehead atoms. The van der Waals surface area contributed by atoms with Crippen LogP contribution in [0.1, 0.15) is 57.3 Å². The van der Waals surface area contributed by atoms with Crippen LogP contribution < -0.4 is 0 Å². The molecule has 86 valence electrons. The third-order valence-corrected chi connectivity index (χ3v) is 2.74. The van der Waals surface area contributed by atoms with Crippen molar-refractivity contribution in [1.29, 1.82) is 0 Å².